The molecule has 0 fully saturated rings. The molecule has 6 nitrogen and oxygen atoms in total. The number of hydrogen-bond acceptors (Lipinski definition) is 5. The Morgan fingerprint density at radius 2 is 2.32 bits per heavy atom. The smallest absolute Gasteiger partial charge is 0.259 e. The molecule has 0 spiro atoms. The third-order valence-corrected chi connectivity index (χ3v) is 5.21. The summed E-state index contributed by atoms with van der Waals surface area (Å²) in [4.78, 5) is 19.3. The number of anilines is 1. The molecule has 1 aromatic carbocycles. The monoisotopic (exact) mass is 373 g/mol. The van der Waals surface area contributed by atoms with Gasteiger partial charge in [-0.05, 0) is 24.5 Å². The number of amides is 1. The fourth-order valence-electron chi connectivity index (χ4n) is 3.04. The highest BCUT2D eigenvalue weighted by molar-refractivity contribution is 7.15. The van der Waals surface area contributed by atoms with Crippen molar-refractivity contribution in [2.45, 2.75) is 12.8 Å². The maximum atomic E-state index is 12.2. The summed E-state index contributed by atoms with van der Waals surface area (Å²) in [7, 11) is 0. The standard InChI is InChI=1S/C17H16ClN5OS/c18-16-14(23-8-9-25-17(23)20-16)10-19-21-15(24)11-22-7-3-5-12-4-1-2-6-13(12)22/h1-2,4,6,8-10H,3,5,7,11H2,(H,21,24)/b19-10-. The summed E-state index contributed by atoms with van der Waals surface area (Å²) < 4.78 is 1.84. The number of aryl methyl sites for hydroxylation is 1. The van der Waals surface area contributed by atoms with Gasteiger partial charge in [0.25, 0.3) is 5.91 Å². The van der Waals surface area contributed by atoms with E-state index in [0.29, 0.717) is 10.8 Å². The first-order valence-electron chi connectivity index (χ1n) is 7.98. The molecule has 0 saturated heterocycles. The Balaban J connectivity index is 1.42. The number of hydrogen-bond donors (Lipinski definition) is 1. The number of carbonyl (C=O) groups excluding carboxylic acids is 1. The summed E-state index contributed by atoms with van der Waals surface area (Å²) in [5, 5.41) is 6.32. The summed E-state index contributed by atoms with van der Waals surface area (Å²) in [5.74, 6) is -0.157. The van der Waals surface area contributed by atoms with Crippen molar-refractivity contribution in [3.8, 4) is 0 Å². The summed E-state index contributed by atoms with van der Waals surface area (Å²) in [6.07, 6.45) is 5.50. The van der Waals surface area contributed by atoms with E-state index < -0.39 is 0 Å². The number of carbonyl (C=O) groups is 1. The van der Waals surface area contributed by atoms with Gasteiger partial charge in [0, 0.05) is 23.8 Å². The quantitative estimate of drug-likeness (QED) is 0.565. The van der Waals surface area contributed by atoms with Crippen LogP contribution in [-0.4, -0.2) is 34.6 Å². The molecule has 0 aliphatic carbocycles. The lowest BCUT2D eigenvalue weighted by Crippen LogP contribution is -2.38. The van der Waals surface area contributed by atoms with E-state index in [2.05, 4.69) is 32.5 Å². The minimum Gasteiger partial charge on any atom is -0.362 e. The predicted molar refractivity (Wildman–Crippen MR) is 101 cm³/mol. The van der Waals surface area contributed by atoms with E-state index in [1.807, 2.05) is 28.1 Å². The second-order valence-electron chi connectivity index (χ2n) is 5.79. The summed E-state index contributed by atoms with van der Waals surface area (Å²) >= 11 is 7.59. The SMILES string of the molecule is O=C(CN1CCCc2ccccc21)N/N=C\c1c(Cl)nc2sccn12. The fourth-order valence-corrected chi connectivity index (χ4v) is 4.03. The summed E-state index contributed by atoms with van der Waals surface area (Å²) in [5.41, 5.74) is 5.65. The van der Waals surface area contributed by atoms with Gasteiger partial charge < -0.3 is 4.90 Å². The van der Waals surface area contributed by atoms with Gasteiger partial charge in [-0.1, -0.05) is 29.8 Å². The molecule has 4 rings (SSSR count). The first-order valence-corrected chi connectivity index (χ1v) is 9.24. The van der Waals surface area contributed by atoms with Crippen LogP contribution in [0.4, 0.5) is 5.69 Å². The number of nitrogens with zero attached hydrogens (tertiary/aromatic N) is 4. The van der Waals surface area contributed by atoms with E-state index in [4.69, 9.17) is 11.6 Å². The molecule has 0 unspecified atom stereocenters. The van der Waals surface area contributed by atoms with Gasteiger partial charge >= 0.3 is 0 Å². The van der Waals surface area contributed by atoms with Crippen LogP contribution in [-0.2, 0) is 11.2 Å². The second kappa shape index (κ2) is 6.85. The highest BCUT2D eigenvalue weighted by atomic mass is 35.5. The van der Waals surface area contributed by atoms with Crippen molar-refractivity contribution in [3.05, 3.63) is 52.3 Å². The van der Waals surface area contributed by atoms with E-state index in [1.54, 1.807) is 0 Å². The molecule has 2 aromatic heterocycles. The van der Waals surface area contributed by atoms with Gasteiger partial charge in [-0.3, -0.25) is 9.20 Å². The molecule has 3 heterocycles. The molecule has 1 amide bonds. The average Bonchev–Trinajstić information content (AvgIpc) is 3.17. The van der Waals surface area contributed by atoms with Gasteiger partial charge in [0.2, 0.25) is 0 Å². The van der Waals surface area contributed by atoms with Crippen LogP contribution >= 0.6 is 22.9 Å². The molecule has 25 heavy (non-hydrogen) atoms. The zero-order valence-electron chi connectivity index (χ0n) is 13.4. The lowest BCUT2D eigenvalue weighted by molar-refractivity contribution is -0.119. The number of hydrazone groups is 1. The van der Waals surface area contributed by atoms with Crippen molar-refractivity contribution >= 4 is 45.7 Å². The molecule has 3 aromatic rings. The number of fused-ring (bicyclic) bond motifs is 2. The van der Waals surface area contributed by atoms with Crippen molar-refractivity contribution in [1.29, 1.82) is 0 Å². The molecule has 0 radical (unpaired) electrons. The Kier molecular flexibility index (Phi) is 4.42. The van der Waals surface area contributed by atoms with Crippen molar-refractivity contribution in [2.75, 3.05) is 18.0 Å². The minimum absolute atomic E-state index is 0.157. The molecule has 0 atom stereocenters. The molecule has 0 saturated carbocycles. The summed E-state index contributed by atoms with van der Waals surface area (Å²) in [6.45, 7) is 1.15. The number of nitrogens with one attached hydrogen (secondary N) is 1. The maximum Gasteiger partial charge on any atom is 0.259 e. The maximum absolute atomic E-state index is 12.2. The minimum atomic E-state index is -0.157. The lowest BCUT2D eigenvalue weighted by atomic mass is 10.0. The number of para-hydroxylation sites is 1. The van der Waals surface area contributed by atoms with Gasteiger partial charge in [0.05, 0.1) is 12.8 Å². The zero-order chi connectivity index (χ0) is 17.2. The largest absolute Gasteiger partial charge is 0.362 e. The van der Waals surface area contributed by atoms with Crippen molar-refractivity contribution < 1.29 is 4.79 Å². The van der Waals surface area contributed by atoms with Crippen LogP contribution in [0.25, 0.3) is 4.96 Å². The Bertz CT molecular complexity index is 948. The molecular formula is C17H16ClN5OS. The van der Waals surface area contributed by atoms with Gasteiger partial charge in [0.1, 0.15) is 5.69 Å². The van der Waals surface area contributed by atoms with Crippen molar-refractivity contribution in [1.82, 2.24) is 14.8 Å². The highest BCUT2D eigenvalue weighted by Gasteiger charge is 2.18. The van der Waals surface area contributed by atoms with Crippen molar-refractivity contribution in [2.24, 2.45) is 5.10 Å². The van der Waals surface area contributed by atoms with Gasteiger partial charge in [0.15, 0.2) is 10.1 Å². The molecule has 1 N–H and O–H groups in total. The van der Waals surface area contributed by atoms with E-state index >= 15 is 0 Å². The summed E-state index contributed by atoms with van der Waals surface area (Å²) in [6, 6.07) is 8.21. The topological polar surface area (TPSA) is 62.0 Å². The van der Waals surface area contributed by atoms with Crippen LogP contribution in [0.15, 0.2) is 40.9 Å². The molecule has 128 valence electrons. The Morgan fingerprint density at radius 3 is 3.24 bits per heavy atom. The van der Waals surface area contributed by atoms with E-state index in [-0.39, 0.29) is 12.5 Å². The molecular weight excluding hydrogens is 358 g/mol. The number of thiazole rings is 1. The van der Waals surface area contributed by atoms with E-state index in [0.717, 1.165) is 30.0 Å². The van der Waals surface area contributed by atoms with E-state index in [9.17, 15) is 4.79 Å². The highest BCUT2D eigenvalue weighted by Crippen LogP contribution is 2.26. The number of halogens is 1. The number of aromatic nitrogens is 2. The Morgan fingerprint density at radius 1 is 1.44 bits per heavy atom. The first kappa shape index (κ1) is 16.1. The fraction of sp³-hybridized carbons (Fsp3) is 0.235. The first-order chi connectivity index (χ1) is 12.2. The van der Waals surface area contributed by atoms with Crippen LogP contribution in [0.3, 0.4) is 0 Å². The van der Waals surface area contributed by atoms with Crippen LogP contribution in [0, 0.1) is 0 Å². The zero-order valence-corrected chi connectivity index (χ0v) is 14.9. The van der Waals surface area contributed by atoms with Crippen LogP contribution < -0.4 is 10.3 Å². The predicted octanol–water partition coefficient (Wildman–Crippen LogP) is 2.95. The third kappa shape index (κ3) is 3.25. The molecule has 1 aliphatic heterocycles. The van der Waals surface area contributed by atoms with Crippen LogP contribution in [0.5, 0.6) is 0 Å². The van der Waals surface area contributed by atoms with Crippen LogP contribution in [0.2, 0.25) is 5.15 Å². The molecule has 1 aliphatic rings. The van der Waals surface area contributed by atoms with Gasteiger partial charge in [-0.2, -0.15) is 5.10 Å². The molecule has 0 bridgehead atoms. The number of rotatable bonds is 4. The van der Waals surface area contributed by atoms with Gasteiger partial charge in [-0.15, -0.1) is 11.3 Å². The van der Waals surface area contributed by atoms with E-state index in [1.165, 1.54) is 23.1 Å². The Hall–Kier alpha value is -2.38. The molecule has 8 heteroatoms. The second-order valence-corrected chi connectivity index (χ2v) is 7.02. The lowest BCUT2D eigenvalue weighted by Gasteiger charge is -2.30. The van der Waals surface area contributed by atoms with Crippen LogP contribution in [0.1, 0.15) is 17.7 Å². The average molecular weight is 374 g/mol. The third-order valence-electron chi connectivity index (χ3n) is 4.17. The normalized spacial score (nSPS) is 14.2. The van der Waals surface area contributed by atoms with Gasteiger partial charge in [-0.25, -0.2) is 10.4 Å². The Labute approximate surface area is 153 Å². The van der Waals surface area contributed by atoms with Crippen molar-refractivity contribution in [3.63, 3.8) is 0 Å². The number of imidazole rings is 1. The number of benzene rings is 1.